The van der Waals surface area contributed by atoms with Gasteiger partial charge in [0.1, 0.15) is 46.6 Å². The molecule has 1 aromatic rings. The van der Waals surface area contributed by atoms with Gasteiger partial charge in [-0.2, -0.15) is 40.2 Å². The number of H-pyrrole nitrogens is 1. The monoisotopic (exact) mass is 360 g/mol. The number of benzene rings is 1. The minimum absolute atomic E-state index is 0.164. The largest absolute Gasteiger partial charge is 0.368 e. The molecule has 0 spiro atoms. The number of nitrogens with one attached hydrogen (secondary N) is 2. The first-order valence-electron chi connectivity index (χ1n) is 7.39. The number of rotatable bonds is 6. The Morgan fingerprint density at radius 2 is 1.85 bits per heavy atom. The van der Waals surface area contributed by atoms with Gasteiger partial charge in [-0.1, -0.05) is 0 Å². The first-order valence-corrected chi connectivity index (χ1v) is 7.39. The second kappa shape index (κ2) is 6.58. The average Bonchev–Trinajstić information content (AvgIpc) is 3.13. The number of azo groups is 1. The molecule has 6 N–H and O–H groups in total. The molecular formula is C12H16N12O2. The lowest BCUT2D eigenvalue weighted by atomic mass is 10.1. The van der Waals surface area contributed by atoms with Crippen LogP contribution in [0.2, 0.25) is 0 Å². The summed E-state index contributed by atoms with van der Waals surface area (Å²) in [4.78, 5) is 24.8. The molecule has 1 aliphatic heterocycles. The number of aromatic amines is 1. The van der Waals surface area contributed by atoms with Crippen molar-refractivity contribution in [2.45, 2.75) is 13.1 Å². The molecule has 14 nitrogen and oxygen atoms in total. The van der Waals surface area contributed by atoms with Crippen molar-refractivity contribution in [3.63, 3.8) is 0 Å². The van der Waals surface area contributed by atoms with Crippen LogP contribution in [-0.2, 0) is 22.7 Å². The molecule has 1 aliphatic carbocycles. The number of carbonyl (C=O) groups is 2. The van der Waals surface area contributed by atoms with Crippen LogP contribution in [0.3, 0.4) is 0 Å². The van der Waals surface area contributed by atoms with E-state index in [0.29, 0.717) is 33.5 Å². The van der Waals surface area contributed by atoms with Crippen molar-refractivity contribution in [1.29, 1.82) is 0 Å². The summed E-state index contributed by atoms with van der Waals surface area (Å²) in [6, 6.07) is 0. The fourth-order valence-electron chi connectivity index (χ4n) is 2.45. The standard InChI is InChI=1S/C12H16N12O2/c1-15-17-7-9-11(21-23(19-9)3-5(13)25)8(18-16-2)12-10(7)20-24(22-12)4-6(14)26/h15,21H,3-4H2,1-2H3,(H2,13,25)(H2,14,26). The summed E-state index contributed by atoms with van der Waals surface area (Å²) >= 11 is 0. The molecule has 14 heteroatoms. The SMILES string of the molecule is CN=Nc1c2[nH]n(CC(N)=O)nc-2c(=NNC)c2nn(CC(N)=O)nc12. The molecule has 2 heterocycles. The van der Waals surface area contributed by atoms with Crippen molar-refractivity contribution >= 4 is 28.5 Å². The zero-order chi connectivity index (χ0) is 18.8. The summed E-state index contributed by atoms with van der Waals surface area (Å²) < 4.78 is 0. The van der Waals surface area contributed by atoms with Crippen molar-refractivity contribution < 1.29 is 9.59 Å². The molecule has 2 aliphatic rings. The van der Waals surface area contributed by atoms with Gasteiger partial charge in [0.05, 0.1) is 0 Å². The van der Waals surface area contributed by atoms with Crippen molar-refractivity contribution in [3.05, 3.63) is 5.36 Å². The van der Waals surface area contributed by atoms with E-state index in [2.05, 4.69) is 41.2 Å². The lowest BCUT2D eigenvalue weighted by molar-refractivity contribution is -0.119. The number of amides is 2. The third-order valence-corrected chi connectivity index (χ3v) is 3.29. The third kappa shape index (κ3) is 2.94. The Bertz CT molecular complexity index is 1040. The van der Waals surface area contributed by atoms with Crippen molar-refractivity contribution in [3.8, 4) is 11.4 Å². The quantitative estimate of drug-likeness (QED) is 0.283. The van der Waals surface area contributed by atoms with Crippen LogP contribution in [-0.4, -0.2) is 55.9 Å². The van der Waals surface area contributed by atoms with Gasteiger partial charge >= 0.3 is 0 Å². The lowest BCUT2D eigenvalue weighted by Gasteiger charge is -2.01. The van der Waals surface area contributed by atoms with Crippen LogP contribution in [0.25, 0.3) is 22.4 Å². The van der Waals surface area contributed by atoms with Crippen molar-refractivity contribution in [1.82, 2.24) is 35.4 Å². The molecule has 136 valence electrons. The Hall–Kier alpha value is -3.84. The summed E-state index contributed by atoms with van der Waals surface area (Å²) in [6.45, 7) is -0.372. The molecule has 1 aromatic heterocycles. The van der Waals surface area contributed by atoms with Crippen LogP contribution in [0, 0.1) is 0 Å². The lowest BCUT2D eigenvalue weighted by Crippen LogP contribution is -2.21. The van der Waals surface area contributed by atoms with Crippen molar-refractivity contribution in [2.75, 3.05) is 14.1 Å². The van der Waals surface area contributed by atoms with Gasteiger partial charge in [-0.05, 0) is 0 Å². The predicted molar refractivity (Wildman–Crippen MR) is 87.7 cm³/mol. The molecule has 0 atom stereocenters. The van der Waals surface area contributed by atoms with E-state index in [0.717, 1.165) is 4.80 Å². The van der Waals surface area contributed by atoms with E-state index in [1.165, 1.54) is 11.8 Å². The molecule has 0 saturated carbocycles. The normalized spacial score (nSPS) is 12.5. The first kappa shape index (κ1) is 17.0. The minimum Gasteiger partial charge on any atom is -0.368 e. The van der Waals surface area contributed by atoms with Gasteiger partial charge in [0.2, 0.25) is 11.8 Å². The topological polar surface area (TPSA) is 200 Å². The second-order valence-corrected chi connectivity index (χ2v) is 5.19. The number of primary amides is 2. The fraction of sp³-hybridized carbons (Fsp3) is 0.333. The van der Waals surface area contributed by atoms with E-state index in [4.69, 9.17) is 11.5 Å². The zero-order valence-electron chi connectivity index (χ0n) is 14.0. The third-order valence-electron chi connectivity index (χ3n) is 3.29. The summed E-state index contributed by atoms with van der Waals surface area (Å²) in [6.07, 6.45) is 0. The molecule has 0 radical (unpaired) electrons. The molecule has 0 unspecified atom stereocenters. The number of fused-ring (bicyclic) bond motifs is 2. The Kier molecular flexibility index (Phi) is 4.30. The Morgan fingerprint density at radius 1 is 1.15 bits per heavy atom. The van der Waals surface area contributed by atoms with Crippen LogP contribution in [0.4, 0.5) is 5.69 Å². The number of aromatic nitrogens is 6. The van der Waals surface area contributed by atoms with E-state index in [1.54, 1.807) is 7.05 Å². The summed E-state index contributed by atoms with van der Waals surface area (Å²) in [5.41, 5.74) is 14.9. The van der Waals surface area contributed by atoms with Gasteiger partial charge in [-0.25, -0.2) is 0 Å². The zero-order valence-corrected chi connectivity index (χ0v) is 14.0. The highest BCUT2D eigenvalue weighted by atomic mass is 16.1. The number of hydrogen-bond donors (Lipinski definition) is 4. The maximum atomic E-state index is 11.2. The van der Waals surface area contributed by atoms with Gasteiger partial charge in [-0.15, -0.1) is 0 Å². The Balaban J connectivity index is 2.40. The molecule has 0 bridgehead atoms. The van der Waals surface area contributed by atoms with E-state index in [-0.39, 0.29) is 13.1 Å². The molecule has 3 rings (SSSR count). The van der Waals surface area contributed by atoms with Crippen LogP contribution < -0.4 is 22.3 Å². The number of nitrogens with zero attached hydrogens (tertiary/aromatic N) is 8. The molecule has 0 saturated heterocycles. The molecule has 0 fully saturated rings. The highest BCUT2D eigenvalue weighted by Gasteiger charge is 2.25. The minimum atomic E-state index is -0.598. The maximum absolute atomic E-state index is 11.2. The van der Waals surface area contributed by atoms with Crippen LogP contribution in [0.15, 0.2) is 15.3 Å². The van der Waals surface area contributed by atoms with E-state index in [1.807, 2.05) is 0 Å². The summed E-state index contributed by atoms with van der Waals surface area (Å²) in [5.74, 6) is -1.17. The molecule has 26 heavy (non-hydrogen) atoms. The van der Waals surface area contributed by atoms with Crippen molar-refractivity contribution in [2.24, 2.45) is 26.8 Å². The second-order valence-electron chi connectivity index (χ2n) is 5.19. The fourth-order valence-corrected chi connectivity index (χ4v) is 2.45. The number of carbonyl (C=O) groups excluding carboxylic acids is 2. The predicted octanol–water partition coefficient (Wildman–Crippen LogP) is -2.22. The maximum Gasteiger partial charge on any atom is 0.241 e. The van der Waals surface area contributed by atoms with Crippen LogP contribution >= 0.6 is 0 Å². The highest BCUT2D eigenvalue weighted by molar-refractivity contribution is 5.95. The van der Waals surface area contributed by atoms with Gasteiger partial charge in [-0.3, -0.25) is 14.7 Å². The van der Waals surface area contributed by atoms with E-state index in [9.17, 15) is 9.59 Å². The highest BCUT2D eigenvalue weighted by Crippen LogP contribution is 2.32. The number of hydrogen-bond acceptors (Lipinski definition) is 9. The van der Waals surface area contributed by atoms with Gasteiger partial charge in [0, 0.05) is 14.1 Å². The average molecular weight is 360 g/mol. The smallest absolute Gasteiger partial charge is 0.241 e. The molecule has 0 aromatic carbocycles. The van der Waals surface area contributed by atoms with Crippen LogP contribution in [0.1, 0.15) is 0 Å². The van der Waals surface area contributed by atoms with E-state index < -0.39 is 11.8 Å². The Morgan fingerprint density at radius 3 is 2.46 bits per heavy atom. The summed E-state index contributed by atoms with van der Waals surface area (Å²) in [7, 11) is 3.10. The van der Waals surface area contributed by atoms with Gasteiger partial charge in [0.15, 0.2) is 0 Å². The molecular weight excluding hydrogens is 344 g/mol. The van der Waals surface area contributed by atoms with Gasteiger partial charge in [0.25, 0.3) is 0 Å². The Labute approximate surface area is 145 Å². The van der Waals surface area contributed by atoms with Gasteiger partial charge < -0.3 is 16.9 Å². The van der Waals surface area contributed by atoms with E-state index >= 15 is 0 Å². The van der Waals surface area contributed by atoms with Crippen LogP contribution in [0.5, 0.6) is 0 Å². The molecule has 2 amide bonds. The summed E-state index contributed by atoms with van der Waals surface area (Å²) in [5, 5.41) is 28.1. The number of nitrogens with two attached hydrogens (primary N) is 2. The first-order chi connectivity index (χ1) is 12.4.